The summed E-state index contributed by atoms with van der Waals surface area (Å²) in [6.07, 6.45) is 1.11. The Balaban J connectivity index is 1.64. The van der Waals surface area contributed by atoms with Crippen molar-refractivity contribution in [1.82, 2.24) is 5.32 Å². The maximum atomic E-state index is 13.5. The van der Waals surface area contributed by atoms with E-state index in [1.165, 1.54) is 6.07 Å². The lowest BCUT2D eigenvalue weighted by atomic mass is 10.1. The predicted octanol–water partition coefficient (Wildman–Crippen LogP) is 2.48. The van der Waals surface area contributed by atoms with E-state index in [4.69, 9.17) is 21.1 Å². The van der Waals surface area contributed by atoms with E-state index in [0.717, 1.165) is 26.2 Å². The Kier molecular flexibility index (Phi) is 5.23. The summed E-state index contributed by atoms with van der Waals surface area (Å²) >= 11 is 5.66. The van der Waals surface area contributed by atoms with Crippen LogP contribution < -0.4 is 10.1 Å². The van der Waals surface area contributed by atoms with E-state index in [0.29, 0.717) is 19.1 Å². The zero-order chi connectivity index (χ0) is 12.8. The van der Waals surface area contributed by atoms with E-state index < -0.39 is 5.82 Å². The van der Waals surface area contributed by atoms with Crippen molar-refractivity contribution in [3.05, 3.63) is 29.0 Å². The van der Waals surface area contributed by atoms with E-state index in [2.05, 4.69) is 5.32 Å². The Hall–Kier alpha value is -0.840. The van der Waals surface area contributed by atoms with Crippen molar-refractivity contribution in [2.24, 2.45) is 5.92 Å². The van der Waals surface area contributed by atoms with Gasteiger partial charge in [-0.25, -0.2) is 4.39 Å². The summed E-state index contributed by atoms with van der Waals surface area (Å²) in [6.45, 7) is 3.71. The Morgan fingerprint density at radius 2 is 2.39 bits per heavy atom. The zero-order valence-corrected chi connectivity index (χ0v) is 10.9. The van der Waals surface area contributed by atoms with Crippen molar-refractivity contribution in [1.29, 1.82) is 0 Å². The van der Waals surface area contributed by atoms with Crippen molar-refractivity contribution in [3.8, 4) is 5.75 Å². The monoisotopic (exact) mass is 273 g/mol. The summed E-state index contributed by atoms with van der Waals surface area (Å²) in [4.78, 5) is 0. The molecular weight excluding hydrogens is 257 g/mol. The molecular formula is C13H17ClFNO2. The SMILES string of the molecule is Fc1c(Cl)cccc1OCCNCC1CCOC1. The van der Waals surface area contributed by atoms with E-state index >= 15 is 0 Å². The number of rotatable bonds is 6. The summed E-state index contributed by atoms with van der Waals surface area (Å²) in [5.41, 5.74) is 0. The van der Waals surface area contributed by atoms with E-state index in [9.17, 15) is 4.39 Å². The number of halogens is 2. The molecule has 0 amide bonds. The van der Waals surface area contributed by atoms with Gasteiger partial charge in [-0.05, 0) is 24.5 Å². The minimum atomic E-state index is -0.497. The highest BCUT2D eigenvalue weighted by atomic mass is 35.5. The second-order valence-electron chi connectivity index (χ2n) is 4.33. The van der Waals surface area contributed by atoms with Gasteiger partial charge < -0.3 is 14.8 Å². The Morgan fingerprint density at radius 1 is 1.50 bits per heavy atom. The van der Waals surface area contributed by atoms with Gasteiger partial charge in [0.1, 0.15) is 6.61 Å². The quantitative estimate of drug-likeness (QED) is 0.808. The molecule has 1 saturated heterocycles. The Morgan fingerprint density at radius 3 is 3.17 bits per heavy atom. The van der Waals surface area contributed by atoms with Gasteiger partial charge in [-0.15, -0.1) is 0 Å². The molecule has 1 fully saturated rings. The minimum absolute atomic E-state index is 0.0866. The molecule has 0 saturated carbocycles. The maximum absolute atomic E-state index is 13.5. The van der Waals surface area contributed by atoms with Crippen LogP contribution in [0.1, 0.15) is 6.42 Å². The molecule has 1 unspecified atom stereocenters. The summed E-state index contributed by atoms with van der Waals surface area (Å²) in [5.74, 6) is 0.296. The van der Waals surface area contributed by atoms with Gasteiger partial charge in [-0.2, -0.15) is 0 Å². The molecule has 0 aromatic heterocycles. The highest BCUT2D eigenvalue weighted by Gasteiger charge is 2.14. The minimum Gasteiger partial charge on any atom is -0.489 e. The van der Waals surface area contributed by atoms with Crippen LogP contribution in [0.2, 0.25) is 5.02 Å². The third-order valence-corrected chi connectivity index (χ3v) is 3.20. The summed E-state index contributed by atoms with van der Waals surface area (Å²) in [6, 6.07) is 4.75. The largest absolute Gasteiger partial charge is 0.489 e. The average Bonchev–Trinajstić information content (AvgIpc) is 2.87. The molecule has 3 nitrogen and oxygen atoms in total. The van der Waals surface area contributed by atoms with E-state index in [1.54, 1.807) is 12.1 Å². The van der Waals surface area contributed by atoms with Gasteiger partial charge in [0.25, 0.3) is 0 Å². The van der Waals surface area contributed by atoms with E-state index in [-0.39, 0.29) is 10.8 Å². The lowest BCUT2D eigenvalue weighted by Gasteiger charge is -2.11. The maximum Gasteiger partial charge on any atom is 0.183 e. The normalized spacial score (nSPS) is 19.1. The summed E-state index contributed by atoms with van der Waals surface area (Å²) in [7, 11) is 0. The van der Waals surface area contributed by atoms with Gasteiger partial charge in [-0.3, -0.25) is 0 Å². The molecule has 1 heterocycles. The highest BCUT2D eigenvalue weighted by Crippen LogP contribution is 2.23. The third-order valence-electron chi connectivity index (χ3n) is 2.91. The number of hydrogen-bond acceptors (Lipinski definition) is 3. The molecule has 5 heteroatoms. The molecule has 1 aromatic rings. The molecule has 0 bridgehead atoms. The molecule has 18 heavy (non-hydrogen) atoms. The molecule has 1 aromatic carbocycles. The molecule has 0 spiro atoms. The van der Waals surface area contributed by atoms with Gasteiger partial charge in [-0.1, -0.05) is 17.7 Å². The second kappa shape index (κ2) is 6.92. The standard InChI is InChI=1S/C13H17ClFNO2/c14-11-2-1-3-12(13(11)15)18-7-5-16-8-10-4-6-17-9-10/h1-3,10,16H,4-9H2. The molecule has 0 radical (unpaired) electrons. The van der Waals surface area contributed by atoms with Crippen molar-refractivity contribution in [2.45, 2.75) is 6.42 Å². The molecule has 1 aliphatic rings. The van der Waals surface area contributed by atoms with E-state index in [1.807, 2.05) is 0 Å². The van der Waals surface area contributed by atoms with Gasteiger partial charge in [0.15, 0.2) is 11.6 Å². The smallest absolute Gasteiger partial charge is 0.183 e. The first-order valence-electron chi connectivity index (χ1n) is 6.12. The molecule has 100 valence electrons. The molecule has 0 aliphatic carbocycles. The van der Waals surface area contributed by atoms with Crippen molar-refractivity contribution in [2.75, 3.05) is 32.9 Å². The van der Waals surface area contributed by atoms with Crippen LogP contribution in [0.5, 0.6) is 5.75 Å². The van der Waals surface area contributed by atoms with Gasteiger partial charge in [0, 0.05) is 19.7 Å². The molecule has 1 aliphatic heterocycles. The number of nitrogens with one attached hydrogen (secondary N) is 1. The van der Waals surface area contributed by atoms with Crippen molar-refractivity contribution in [3.63, 3.8) is 0 Å². The molecule has 1 atom stereocenters. The first-order valence-corrected chi connectivity index (χ1v) is 6.50. The summed E-state index contributed by atoms with van der Waals surface area (Å²) < 4.78 is 24.1. The van der Waals surface area contributed by atoms with Crippen molar-refractivity contribution >= 4 is 11.6 Å². The van der Waals surface area contributed by atoms with Crippen LogP contribution in [0.4, 0.5) is 4.39 Å². The lowest BCUT2D eigenvalue weighted by Crippen LogP contribution is -2.27. The van der Waals surface area contributed by atoms with Crippen LogP contribution in [-0.4, -0.2) is 32.9 Å². The number of benzene rings is 1. The fraction of sp³-hybridized carbons (Fsp3) is 0.538. The van der Waals surface area contributed by atoms with Crippen LogP contribution in [0, 0.1) is 11.7 Å². The molecule has 1 N–H and O–H groups in total. The fourth-order valence-corrected chi connectivity index (χ4v) is 2.05. The number of hydrogen-bond donors (Lipinski definition) is 1. The van der Waals surface area contributed by atoms with Crippen LogP contribution >= 0.6 is 11.6 Å². The first-order chi connectivity index (χ1) is 8.77. The average molecular weight is 274 g/mol. The van der Waals surface area contributed by atoms with Gasteiger partial charge in [0.2, 0.25) is 0 Å². The van der Waals surface area contributed by atoms with Crippen molar-refractivity contribution < 1.29 is 13.9 Å². The lowest BCUT2D eigenvalue weighted by molar-refractivity contribution is 0.184. The summed E-state index contributed by atoms with van der Waals surface area (Å²) in [5, 5.41) is 3.36. The first kappa shape index (κ1) is 13.6. The predicted molar refractivity (Wildman–Crippen MR) is 68.7 cm³/mol. The van der Waals surface area contributed by atoms with Gasteiger partial charge in [0.05, 0.1) is 11.6 Å². The van der Waals surface area contributed by atoms with Crippen LogP contribution in [-0.2, 0) is 4.74 Å². The van der Waals surface area contributed by atoms with Crippen LogP contribution in [0.3, 0.4) is 0 Å². The number of ether oxygens (including phenoxy) is 2. The fourth-order valence-electron chi connectivity index (χ4n) is 1.88. The second-order valence-corrected chi connectivity index (χ2v) is 4.74. The Bertz CT molecular complexity index is 383. The highest BCUT2D eigenvalue weighted by molar-refractivity contribution is 6.30. The Labute approximate surface area is 111 Å². The topological polar surface area (TPSA) is 30.5 Å². The van der Waals surface area contributed by atoms with Crippen LogP contribution in [0.15, 0.2) is 18.2 Å². The third kappa shape index (κ3) is 3.83. The van der Waals surface area contributed by atoms with Gasteiger partial charge >= 0.3 is 0 Å². The zero-order valence-electron chi connectivity index (χ0n) is 10.1. The van der Waals surface area contributed by atoms with Crippen LogP contribution in [0.25, 0.3) is 0 Å². The molecule has 2 rings (SSSR count).